The monoisotopic (exact) mass is 351 g/mol. The minimum Gasteiger partial charge on any atom is -0.478 e. The highest BCUT2D eigenvalue weighted by Gasteiger charge is 2.21. The van der Waals surface area contributed by atoms with Crippen LogP contribution in [0.5, 0.6) is 5.75 Å². The van der Waals surface area contributed by atoms with Crippen LogP contribution < -0.4 is 4.74 Å². The van der Waals surface area contributed by atoms with E-state index in [2.05, 4.69) is 11.3 Å². The van der Waals surface area contributed by atoms with Crippen LogP contribution in [0.15, 0.2) is 30.4 Å². The van der Waals surface area contributed by atoms with E-state index in [0.717, 1.165) is 19.2 Å². The van der Waals surface area contributed by atoms with Crippen molar-refractivity contribution in [1.29, 1.82) is 0 Å². The number of hydrogen-bond donors (Lipinski definition) is 1. The van der Waals surface area contributed by atoms with Crippen molar-refractivity contribution in [3.05, 3.63) is 46.0 Å². The lowest BCUT2D eigenvalue weighted by molar-refractivity contribution is -0.385. The number of esters is 2. The number of hydrogen-bond acceptors (Lipinski definition) is 7. The molecule has 0 aliphatic rings. The average molecular weight is 351 g/mol. The van der Waals surface area contributed by atoms with E-state index >= 15 is 0 Å². The van der Waals surface area contributed by atoms with Crippen LogP contribution >= 0.6 is 0 Å². The molecule has 0 atom stereocenters. The first-order chi connectivity index (χ1) is 11.8. The first-order valence-electron chi connectivity index (χ1n) is 7.24. The number of carbonyl (C=O) groups excluding carboxylic acids is 2. The summed E-state index contributed by atoms with van der Waals surface area (Å²) in [4.78, 5) is 44.0. The summed E-state index contributed by atoms with van der Waals surface area (Å²) in [7, 11) is 1.14. The molecule has 25 heavy (non-hydrogen) atoms. The highest BCUT2D eigenvalue weighted by Crippen LogP contribution is 2.28. The van der Waals surface area contributed by atoms with Crippen LogP contribution in [0, 0.1) is 10.1 Å². The Morgan fingerprint density at radius 2 is 1.88 bits per heavy atom. The zero-order valence-electron chi connectivity index (χ0n) is 13.5. The smallest absolute Gasteiger partial charge is 0.338 e. The molecule has 0 bridgehead atoms. The number of carbonyl (C=O) groups is 3. The van der Waals surface area contributed by atoms with E-state index in [1.54, 1.807) is 0 Å². The number of carboxylic acid groups (broad SMARTS) is 1. The lowest BCUT2D eigenvalue weighted by Gasteiger charge is -2.06. The molecule has 0 aliphatic carbocycles. The highest BCUT2D eigenvalue weighted by molar-refractivity contribution is 5.90. The van der Waals surface area contributed by atoms with Crippen molar-refractivity contribution in [2.75, 3.05) is 7.11 Å². The molecule has 0 spiro atoms. The first-order valence-corrected chi connectivity index (χ1v) is 7.24. The van der Waals surface area contributed by atoms with Gasteiger partial charge >= 0.3 is 23.6 Å². The molecule has 9 heteroatoms. The SMILES string of the molecule is C=C(CCCCC(=O)Oc1ccc(C(=O)OC)cc1[N+](=O)[O-])C(=O)O. The molecule has 0 saturated carbocycles. The van der Waals surface area contributed by atoms with Crippen molar-refractivity contribution in [1.82, 2.24) is 0 Å². The van der Waals surface area contributed by atoms with Gasteiger partial charge in [-0.25, -0.2) is 9.59 Å². The van der Waals surface area contributed by atoms with Crippen molar-refractivity contribution in [2.45, 2.75) is 25.7 Å². The summed E-state index contributed by atoms with van der Waals surface area (Å²) >= 11 is 0. The molecular weight excluding hydrogens is 334 g/mol. The van der Waals surface area contributed by atoms with Gasteiger partial charge in [0.2, 0.25) is 5.75 Å². The summed E-state index contributed by atoms with van der Waals surface area (Å²) in [6.45, 7) is 3.37. The van der Waals surface area contributed by atoms with Crippen LogP contribution in [0.1, 0.15) is 36.0 Å². The number of aliphatic carboxylic acids is 1. The molecular formula is C16H17NO8. The number of nitro groups is 1. The van der Waals surface area contributed by atoms with Crippen molar-refractivity contribution in [2.24, 2.45) is 0 Å². The molecule has 1 N–H and O–H groups in total. The Bertz CT molecular complexity index is 710. The largest absolute Gasteiger partial charge is 0.478 e. The maximum absolute atomic E-state index is 11.8. The fourth-order valence-electron chi connectivity index (χ4n) is 1.88. The van der Waals surface area contributed by atoms with Gasteiger partial charge in [-0.05, 0) is 31.4 Å². The normalized spacial score (nSPS) is 9.96. The maximum Gasteiger partial charge on any atom is 0.338 e. The van der Waals surface area contributed by atoms with Gasteiger partial charge in [0.05, 0.1) is 17.6 Å². The van der Waals surface area contributed by atoms with E-state index in [9.17, 15) is 24.5 Å². The summed E-state index contributed by atoms with van der Waals surface area (Å²) in [5, 5.41) is 19.7. The third-order valence-electron chi connectivity index (χ3n) is 3.21. The Hall–Kier alpha value is -3.23. The third kappa shape index (κ3) is 6.05. The lowest BCUT2D eigenvalue weighted by atomic mass is 10.1. The summed E-state index contributed by atoms with van der Waals surface area (Å²) in [6, 6.07) is 3.36. The predicted octanol–water partition coefficient (Wildman–Crippen LogP) is 2.49. The van der Waals surface area contributed by atoms with E-state index in [1.165, 1.54) is 6.07 Å². The molecule has 0 radical (unpaired) electrons. The Morgan fingerprint density at radius 1 is 1.24 bits per heavy atom. The summed E-state index contributed by atoms with van der Waals surface area (Å²) in [6.07, 6.45) is 0.960. The number of nitrogens with zero attached hydrogens (tertiary/aromatic N) is 1. The summed E-state index contributed by atoms with van der Waals surface area (Å²) < 4.78 is 9.43. The number of nitro benzene ring substituents is 1. The van der Waals surface area contributed by atoms with Crippen LogP contribution in [-0.2, 0) is 14.3 Å². The van der Waals surface area contributed by atoms with Gasteiger partial charge in [0, 0.05) is 18.1 Å². The van der Waals surface area contributed by atoms with E-state index in [4.69, 9.17) is 9.84 Å². The Kier molecular flexibility index (Phi) is 7.26. The topological polar surface area (TPSA) is 133 Å². The summed E-state index contributed by atoms with van der Waals surface area (Å²) in [5.41, 5.74) is -0.529. The van der Waals surface area contributed by atoms with E-state index in [-0.39, 0.29) is 29.7 Å². The molecule has 9 nitrogen and oxygen atoms in total. The van der Waals surface area contributed by atoms with E-state index < -0.39 is 28.5 Å². The molecule has 1 rings (SSSR count). The van der Waals surface area contributed by atoms with Crippen LogP contribution in [-0.4, -0.2) is 35.0 Å². The third-order valence-corrected chi connectivity index (χ3v) is 3.21. The van der Waals surface area contributed by atoms with Gasteiger partial charge in [-0.1, -0.05) is 6.58 Å². The van der Waals surface area contributed by atoms with Crippen molar-refractivity contribution >= 4 is 23.6 Å². The molecule has 134 valence electrons. The number of benzene rings is 1. The van der Waals surface area contributed by atoms with Gasteiger partial charge in [0.1, 0.15) is 0 Å². The van der Waals surface area contributed by atoms with Gasteiger partial charge in [-0.2, -0.15) is 0 Å². The minimum absolute atomic E-state index is 0.0389. The summed E-state index contributed by atoms with van der Waals surface area (Å²) in [5.74, 6) is -2.82. The van der Waals surface area contributed by atoms with Gasteiger partial charge in [0.15, 0.2) is 0 Å². The first kappa shape index (κ1) is 19.8. The maximum atomic E-state index is 11.8. The molecule has 1 aromatic rings. The van der Waals surface area contributed by atoms with Crippen LogP contribution in [0.3, 0.4) is 0 Å². The van der Waals surface area contributed by atoms with Gasteiger partial charge in [0.25, 0.3) is 0 Å². The second-order valence-corrected chi connectivity index (χ2v) is 5.02. The fraction of sp³-hybridized carbons (Fsp3) is 0.312. The number of carboxylic acids is 1. The predicted molar refractivity (Wildman–Crippen MR) is 85.3 cm³/mol. The molecule has 0 amide bonds. The average Bonchev–Trinajstić information content (AvgIpc) is 2.57. The van der Waals surface area contributed by atoms with E-state index in [1.807, 2.05) is 0 Å². The molecule has 0 aromatic heterocycles. The Labute approximate surface area is 143 Å². The Balaban J connectivity index is 2.67. The number of rotatable bonds is 9. The second kappa shape index (κ2) is 9.16. The van der Waals surface area contributed by atoms with Crippen LogP contribution in [0.25, 0.3) is 0 Å². The number of unbranched alkanes of at least 4 members (excludes halogenated alkanes) is 1. The van der Waals surface area contributed by atoms with Gasteiger partial charge in [-0.3, -0.25) is 14.9 Å². The van der Waals surface area contributed by atoms with Crippen molar-refractivity contribution in [3.8, 4) is 5.75 Å². The number of ether oxygens (including phenoxy) is 2. The standard InChI is InChI=1S/C16H17NO8/c1-10(15(19)20)5-3-4-6-14(18)25-13-8-7-11(16(21)24-2)9-12(13)17(22)23/h7-9H,1,3-6H2,2H3,(H,19,20). The molecule has 0 fully saturated rings. The van der Waals surface area contributed by atoms with Gasteiger partial charge in [-0.15, -0.1) is 0 Å². The fourth-order valence-corrected chi connectivity index (χ4v) is 1.88. The molecule has 0 aliphatic heterocycles. The number of methoxy groups -OCH3 is 1. The molecule has 0 unspecified atom stereocenters. The zero-order valence-corrected chi connectivity index (χ0v) is 13.5. The Morgan fingerprint density at radius 3 is 2.44 bits per heavy atom. The van der Waals surface area contributed by atoms with Crippen molar-refractivity contribution in [3.63, 3.8) is 0 Å². The molecule has 0 heterocycles. The lowest BCUT2D eigenvalue weighted by Crippen LogP contribution is -2.10. The quantitative estimate of drug-likeness (QED) is 0.179. The van der Waals surface area contributed by atoms with Gasteiger partial charge < -0.3 is 14.6 Å². The minimum atomic E-state index is -1.09. The highest BCUT2D eigenvalue weighted by atomic mass is 16.6. The molecule has 0 saturated heterocycles. The van der Waals surface area contributed by atoms with Crippen molar-refractivity contribution < 1.29 is 33.9 Å². The van der Waals surface area contributed by atoms with Crippen LogP contribution in [0.4, 0.5) is 5.69 Å². The van der Waals surface area contributed by atoms with Crippen LogP contribution in [0.2, 0.25) is 0 Å². The zero-order chi connectivity index (χ0) is 19.0. The second-order valence-electron chi connectivity index (χ2n) is 5.02. The van der Waals surface area contributed by atoms with E-state index in [0.29, 0.717) is 12.8 Å². The molecule has 1 aromatic carbocycles.